The number of hydrogen-bond acceptors (Lipinski definition) is 5. The van der Waals surface area contributed by atoms with E-state index in [0.717, 1.165) is 0 Å². The molecule has 0 amide bonds. The molecule has 0 aliphatic carbocycles. The Morgan fingerprint density at radius 2 is 2.19 bits per heavy atom. The molecule has 0 spiro atoms. The molecule has 2 aromatic heterocycles. The molecule has 8 nitrogen and oxygen atoms in total. The van der Waals surface area contributed by atoms with Gasteiger partial charge in [0, 0.05) is 7.05 Å². The van der Waals surface area contributed by atoms with Gasteiger partial charge in [-0.05, 0) is 17.7 Å². The molecular weight excluding hydrogens is 274 g/mol. The standard InChI is InChI=1S/C13H11N5O3/c1-17-10-6-14-18(12(19)11(10)15-16-17)7-8-3-2-4-9(5-8)13(20)21/h2-6H,7H2,1H3,(H,20,21). The number of aryl methyl sites for hydroxylation is 1. The molecule has 0 unspecified atom stereocenters. The summed E-state index contributed by atoms with van der Waals surface area (Å²) in [6, 6.07) is 6.37. The molecule has 0 bridgehead atoms. The van der Waals surface area contributed by atoms with E-state index in [0.29, 0.717) is 11.1 Å². The average molecular weight is 285 g/mol. The third-order valence-electron chi connectivity index (χ3n) is 3.13. The highest BCUT2D eigenvalue weighted by Gasteiger charge is 2.10. The van der Waals surface area contributed by atoms with Gasteiger partial charge in [0.15, 0.2) is 5.52 Å². The van der Waals surface area contributed by atoms with Crippen LogP contribution in [0.1, 0.15) is 15.9 Å². The van der Waals surface area contributed by atoms with Crippen molar-refractivity contribution in [2.45, 2.75) is 6.54 Å². The van der Waals surface area contributed by atoms with Crippen LogP contribution in [-0.4, -0.2) is 35.9 Å². The van der Waals surface area contributed by atoms with E-state index in [1.807, 2.05) is 0 Å². The van der Waals surface area contributed by atoms with Gasteiger partial charge >= 0.3 is 5.97 Å². The Hall–Kier alpha value is -3.03. The fraction of sp³-hybridized carbons (Fsp3) is 0.154. The van der Waals surface area contributed by atoms with Crippen molar-refractivity contribution in [1.82, 2.24) is 24.8 Å². The summed E-state index contributed by atoms with van der Waals surface area (Å²) in [6.07, 6.45) is 1.51. The van der Waals surface area contributed by atoms with Crippen LogP contribution in [-0.2, 0) is 13.6 Å². The maximum absolute atomic E-state index is 12.2. The van der Waals surface area contributed by atoms with E-state index in [-0.39, 0.29) is 23.2 Å². The molecule has 106 valence electrons. The number of carbonyl (C=O) groups is 1. The summed E-state index contributed by atoms with van der Waals surface area (Å²) in [5.74, 6) is -1.01. The van der Waals surface area contributed by atoms with Crippen molar-refractivity contribution in [3.05, 3.63) is 51.9 Å². The first-order valence-electron chi connectivity index (χ1n) is 6.14. The van der Waals surface area contributed by atoms with Gasteiger partial charge in [0.05, 0.1) is 18.3 Å². The Kier molecular flexibility index (Phi) is 2.98. The third kappa shape index (κ3) is 2.27. The van der Waals surface area contributed by atoms with Crippen LogP contribution in [0.4, 0.5) is 0 Å². The molecule has 8 heteroatoms. The second kappa shape index (κ2) is 4.82. The summed E-state index contributed by atoms with van der Waals surface area (Å²) in [6.45, 7) is 0.173. The fourth-order valence-electron chi connectivity index (χ4n) is 2.05. The Balaban J connectivity index is 2.02. The zero-order chi connectivity index (χ0) is 15.0. The maximum Gasteiger partial charge on any atom is 0.335 e. The van der Waals surface area contributed by atoms with Gasteiger partial charge in [-0.1, -0.05) is 17.3 Å². The number of carboxylic acid groups (broad SMARTS) is 1. The highest BCUT2D eigenvalue weighted by molar-refractivity contribution is 5.87. The summed E-state index contributed by atoms with van der Waals surface area (Å²) < 4.78 is 2.71. The summed E-state index contributed by atoms with van der Waals surface area (Å²) in [4.78, 5) is 23.2. The van der Waals surface area contributed by atoms with E-state index < -0.39 is 5.97 Å². The number of nitrogens with zero attached hydrogens (tertiary/aromatic N) is 5. The second-order valence-corrected chi connectivity index (χ2v) is 4.56. The molecular formula is C13H11N5O3. The van der Waals surface area contributed by atoms with Crippen LogP contribution in [0.2, 0.25) is 0 Å². The molecule has 1 aromatic carbocycles. The molecule has 0 aliphatic heterocycles. The first-order valence-corrected chi connectivity index (χ1v) is 6.14. The lowest BCUT2D eigenvalue weighted by Crippen LogP contribution is -2.23. The number of hydrogen-bond donors (Lipinski definition) is 1. The van der Waals surface area contributed by atoms with E-state index in [1.54, 1.807) is 19.2 Å². The van der Waals surface area contributed by atoms with Gasteiger partial charge in [0.1, 0.15) is 5.52 Å². The van der Waals surface area contributed by atoms with Crippen LogP contribution in [0.3, 0.4) is 0 Å². The topological polar surface area (TPSA) is 103 Å². The zero-order valence-corrected chi connectivity index (χ0v) is 11.1. The van der Waals surface area contributed by atoms with Crippen LogP contribution in [0, 0.1) is 0 Å². The van der Waals surface area contributed by atoms with Gasteiger partial charge in [-0.2, -0.15) is 5.10 Å². The Morgan fingerprint density at radius 3 is 2.95 bits per heavy atom. The number of carboxylic acids is 1. The van der Waals surface area contributed by atoms with Crippen molar-refractivity contribution < 1.29 is 9.90 Å². The van der Waals surface area contributed by atoms with E-state index >= 15 is 0 Å². The molecule has 0 atom stereocenters. The molecule has 0 radical (unpaired) electrons. The third-order valence-corrected chi connectivity index (χ3v) is 3.13. The number of aromatic carboxylic acids is 1. The quantitative estimate of drug-likeness (QED) is 0.741. The van der Waals surface area contributed by atoms with Crippen molar-refractivity contribution in [3.63, 3.8) is 0 Å². The van der Waals surface area contributed by atoms with Gasteiger partial charge in [0.25, 0.3) is 5.56 Å². The first-order chi connectivity index (χ1) is 10.1. The van der Waals surface area contributed by atoms with E-state index in [4.69, 9.17) is 5.11 Å². The molecule has 3 aromatic rings. The van der Waals surface area contributed by atoms with Gasteiger partial charge in [0.2, 0.25) is 0 Å². The monoisotopic (exact) mass is 285 g/mol. The van der Waals surface area contributed by atoms with Crippen molar-refractivity contribution in [2.75, 3.05) is 0 Å². The van der Waals surface area contributed by atoms with Crippen LogP contribution in [0.5, 0.6) is 0 Å². The molecule has 3 rings (SSSR count). The molecule has 21 heavy (non-hydrogen) atoms. The Labute approximate surface area is 118 Å². The molecule has 0 aliphatic rings. The number of benzene rings is 1. The van der Waals surface area contributed by atoms with Crippen LogP contribution in [0.25, 0.3) is 11.0 Å². The van der Waals surface area contributed by atoms with E-state index in [9.17, 15) is 9.59 Å². The Bertz CT molecular complexity index is 896. The van der Waals surface area contributed by atoms with Crippen molar-refractivity contribution >= 4 is 17.0 Å². The second-order valence-electron chi connectivity index (χ2n) is 4.56. The smallest absolute Gasteiger partial charge is 0.335 e. The number of aromatic nitrogens is 5. The largest absolute Gasteiger partial charge is 0.478 e. The van der Waals surface area contributed by atoms with Gasteiger partial charge < -0.3 is 5.11 Å². The van der Waals surface area contributed by atoms with Crippen LogP contribution < -0.4 is 5.56 Å². The highest BCUT2D eigenvalue weighted by atomic mass is 16.4. The SMILES string of the molecule is Cn1nnc2c(=O)n(Cc3cccc(C(=O)O)c3)ncc21. The summed E-state index contributed by atoms with van der Waals surface area (Å²) >= 11 is 0. The van der Waals surface area contributed by atoms with Gasteiger partial charge in [-0.15, -0.1) is 5.10 Å². The maximum atomic E-state index is 12.2. The fourth-order valence-corrected chi connectivity index (χ4v) is 2.05. The zero-order valence-electron chi connectivity index (χ0n) is 11.1. The highest BCUT2D eigenvalue weighted by Crippen LogP contribution is 2.07. The minimum Gasteiger partial charge on any atom is -0.478 e. The normalized spacial score (nSPS) is 10.9. The summed E-state index contributed by atoms with van der Waals surface area (Å²) in [5, 5.41) is 20.6. The molecule has 0 saturated carbocycles. The van der Waals surface area contributed by atoms with Gasteiger partial charge in [-0.25, -0.2) is 14.2 Å². The minimum atomic E-state index is -1.01. The predicted molar refractivity (Wildman–Crippen MR) is 73.1 cm³/mol. The van der Waals surface area contributed by atoms with Crippen molar-refractivity contribution in [2.24, 2.45) is 7.05 Å². The molecule has 0 fully saturated rings. The lowest BCUT2D eigenvalue weighted by atomic mass is 10.1. The molecule has 1 N–H and O–H groups in total. The molecule has 2 heterocycles. The van der Waals surface area contributed by atoms with Crippen molar-refractivity contribution in [3.8, 4) is 0 Å². The van der Waals surface area contributed by atoms with Crippen molar-refractivity contribution in [1.29, 1.82) is 0 Å². The van der Waals surface area contributed by atoms with E-state index in [2.05, 4.69) is 15.4 Å². The van der Waals surface area contributed by atoms with E-state index in [1.165, 1.54) is 27.7 Å². The van der Waals surface area contributed by atoms with Gasteiger partial charge in [-0.3, -0.25) is 4.79 Å². The summed E-state index contributed by atoms with van der Waals surface area (Å²) in [5.41, 5.74) is 1.27. The first kappa shape index (κ1) is 13.0. The van der Waals surface area contributed by atoms with Crippen LogP contribution in [0.15, 0.2) is 35.3 Å². The minimum absolute atomic E-state index is 0.168. The van der Waals surface area contributed by atoms with Crippen LogP contribution >= 0.6 is 0 Å². The Morgan fingerprint density at radius 1 is 1.38 bits per heavy atom. The number of fused-ring (bicyclic) bond motifs is 1. The number of rotatable bonds is 3. The predicted octanol–water partition coefficient (Wildman–Crippen LogP) is 0.271. The molecule has 0 saturated heterocycles. The summed E-state index contributed by atoms with van der Waals surface area (Å²) in [7, 11) is 1.68. The lowest BCUT2D eigenvalue weighted by molar-refractivity contribution is 0.0696. The lowest BCUT2D eigenvalue weighted by Gasteiger charge is -2.05. The average Bonchev–Trinajstić information content (AvgIpc) is 2.84.